The van der Waals surface area contributed by atoms with E-state index in [1.165, 1.54) is 0 Å². The number of halogens is 1. The molecule has 1 atom stereocenters. The van der Waals surface area contributed by atoms with Crippen LogP contribution >= 0.6 is 11.6 Å². The Morgan fingerprint density at radius 3 is 2.40 bits per heavy atom. The average Bonchev–Trinajstić information content (AvgIpc) is 2.36. The van der Waals surface area contributed by atoms with Crippen molar-refractivity contribution in [2.45, 2.75) is 45.9 Å². The molecule has 3 nitrogen and oxygen atoms in total. The number of hydrogen-bond donors (Lipinski definition) is 0. The molecule has 1 aromatic rings. The summed E-state index contributed by atoms with van der Waals surface area (Å²) in [5, 5.41) is 0. The summed E-state index contributed by atoms with van der Waals surface area (Å²) < 4.78 is 5.38. The second kappa shape index (κ2) is 7.65. The van der Waals surface area contributed by atoms with Crippen LogP contribution < -0.4 is 0 Å². The highest BCUT2D eigenvalue weighted by atomic mass is 35.5. The molecule has 20 heavy (non-hydrogen) atoms. The number of carbonyl (C=O) groups is 1. The van der Waals surface area contributed by atoms with Gasteiger partial charge < -0.3 is 4.74 Å². The standard InChI is InChI=1S/C16H24ClNO2/c1-13(10-17)18(11-14-8-6-5-7-9-14)12-15(19)20-16(2,3)4/h5-9,13H,10-12H2,1-4H3/t13-/m0/s1. The van der Waals surface area contributed by atoms with E-state index in [0.29, 0.717) is 12.4 Å². The fourth-order valence-corrected chi connectivity index (χ4v) is 2.02. The molecule has 0 radical (unpaired) electrons. The van der Waals surface area contributed by atoms with E-state index in [0.717, 1.165) is 5.56 Å². The lowest BCUT2D eigenvalue weighted by Gasteiger charge is -2.28. The molecule has 0 spiro atoms. The van der Waals surface area contributed by atoms with E-state index in [-0.39, 0.29) is 18.6 Å². The Hall–Kier alpha value is -1.06. The van der Waals surface area contributed by atoms with Crippen LogP contribution in [-0.2, 0) is 16.1 Å². The molecule has 0 saturated heterocycles. The number of carbonyl (C=O) groups excluding carboxylic acids is 1. The van der Waals surface area contributed by atoms with Crippen LogP contribution in [0.2, 0.25) is 0 Å². The fraction of sp³-hybridized carbons (Fsp3) is 0.562. The first-order chi connectivity index (χ1) is 9.31. The minimum absolute atomic E-state index is 0.115. The van der Waals surface area contributed by atoms with E-state index in [1.807, 2.05) is 62.9 Å². The first kappa shape index (κ1) is 17.0. The Morgan fingerprint density at radius 1 is 1.30 bits per heavy atom. The first-order valence-electron chi connectivity index (χ1n) is 6.87. The van der Waals surface area contributed by atoms with Crippen molar-refractivity contribution in [2.75, 3.05) is 12.4 Å². The van der Waals surface area contributed by atoms with Gasteiger partial charge in [-0.1, -0.05) is 30.3 Å². The van der Waals surface area contributed by atoms with E-state index in [4.69, 9.17) is 16.3 Å². The molecular formula is C16H24ClNO2. The van der Waals surface area contributed by atoms with E-state index < -0.39 is 5.60 Å². The largest absolute Gasteiger partial charge is 0.459 e. The summed E-state index contributed by atoms with van der Waals surface area (Å²) in [5.41, 5.74) is 0.702. The fourth-order valence-electron chi connectivity index (χ4n) is 1.82. The Kier molecular flexibility index (Phi) is 6.50. The third kappa shape index (κ3) is 6.40. The van der Waals surface area contributed by atoms with Crippen molar-refractivity contribution in [3.63, 3.8) is 0 Å². The Bertz CT molecular complexity index is 414. The van der Waals surface area contributed by atoms with Gasteiger partial charge >= 0.3 is 5.97 Å². The smallest absolute Gasteiger partial charge is 0.320 e. The first-order valence-corrected chi connectivity index (χ1v) is 7.41. The average molecular weight is 298 g/mol. The highest BCUT2D eigenvalue weighted by Gasteiger charge is 2.21. The molecule has 0 aliphatic carbocycles. The molecule has 0 heterocycles. The van der Waals surface area contributed by atoms with Crippen molar-refractivity contribution in [1.29, 1.82) is 0 Å². The summed E-state index contributed by atoms with van der Waals surface area (Å²) in [5.74, 6) is 0.265. The zero-order chi connectivity index (χ0) is 15.2. The van der Waals surface area contributed by atoms with Gasteiger partial charge in [0, 0.05) is 18.5 Å². The number of nitrogens with zero attached hydrogens (tertiary/aromatic N) is 1. The summed E-state index contributed by atoms with van der Waals surface area (Å²) in [7, 11) is 0. The normalized spacial score (nSPS) is 13.3. The van der Waals surface area contributed by atoms with Crippen LogP contribution in [0.4, 0.5) is 0 Å². The molecule has 0 fully saturated rings. The van der Waals surface area contributed by atoms with Gasteiger partial charge in [0.15, 0.2) is 0 Å². The van der Waals surface area contributed by atoms with E-state index in [2.05, 4.69) is 0 Å². The molecule has 0 aromatic heterocycles. The number of rotatable bonds is 6. The maximum atomic E-state index is 12.0. The van der Waals surface area contributed by atoms with Crippen molar-refractivity contribution >= 4 is 17.6 Å². The molecule has 0 aliphatic heterocycles. The van der Waals surface area contributed by atoms with Gasteiger partial charge in [0.1, 0.15) is 5.60 Å². The molecule has 0 amide bonds. The van der Waals surface area contributed by atoms with Gasteiger partial charge in [0.25, 0.3) is 0 Å². The van der Waals surface area contributed by atoms with Crippen molar-refractivity contribution in [1.82, 2.24) is 4.90 Å². The van der Waals surface area contributed by atoms with Gasteiger partial charge in [-0.2, -0.15) is 0 Å². The number of alkyl halides is 1. The minimum Gasteiger partial charge on any atom is -0.459 e. The lowest BCUT2D eigenvalue weighted by molar-refractivity contribution is -0.156. The zero-order valence-corrected chi connectivity index (χ0v) is 13.5. The second-order valence-corrected chi connectivity index (χ2v) is 6.29. The molecular weight excluding hydrogens is 274 g/mol. The van der Waals surface area contributed by atoms with Crippen LogP contribution in [0.25, 0.3) is 0 Å². The van der Waals surface area contributed by atoms with Gasteiger partial charge in [0.2, 0.25) is 0 Å². The lowest BCUT2D eigenvalue weighted by Crippen LogP contribution is -2.40. The van der Waals surface area contributed by atoms with Gasteiger partial charge in [-0.05, 0) is 33.3 Å². The monoisotopic (exact) mass is 297 g/mol. The SMILES string of the molecule is C[C@@H](CCl)N(CC(=O)OC(C)(C)C)Cc1ccccc1. The molecule has 4 heteroatoms. The highest BCUT2D eigenvalue weighted by molar-refractivity contribution is 6.18. The molecule has 112 valence electrons. The maximum absolute atomic E-state index is 12.0. The Morgan fingerprint density at radius 2 is 1.90 bits per heavy atom. The number of ether oxygens (including phenoxy) is 1. The third-order valence-corrected chi connectivity index (χ3v) is 3.27. The highest BCUT2D eigenvalue weighted by Crippen LogP contribution is 2.12. The van der Waals surface area contributed by atoms with Crippen LogP contribution in [0.5, 0.6) is 0 Å². The number of esters is 1. The summed E-state index contributed by atoms with van der Waals surface area (Å²) in [4.78, 5) is 14.0. The molecule has 0 aliphatic rings. The van der Waals surface area contributed by atoms with Crippen LogP contribution in [0.1, 0.15) is 33.3 Å². The minimum atomic E-state index is -0.459. The van der Waals surface area contributed by atoms with E-state index in [9.17, 15) is 4.79 Å². The number of hydrogen-bond acceptors (Lipinski definition) is 3. The van der Waals surface area contributed by atoms with Gasteiger partial charge in [-0.25, -0.2) is 0 Å². The maximum Gasteiger partial charge on any atom is 0.320 e. The third-order valence-electron chi connectivity index (χ3n) is 2.83. The molecule has 1 aromatic carbocycles. The predicted octanol–water partition coefficient (Wildman–Crippen LogP) is 3.46. The van der Waals surface area contributed by atoms with Crippen LogP contribution in [-0.4, -0.2) is 34.9 Å². The van der Waals surface area contributed by atoms with Crippen molar-refractivity contribution in [3.05, 3.63) is 35.9 Å². The number of benzene rings is 1. The van der Waals surface area contributed by atoms with Gasteiger partial charge in [0.05, 0.1) is 6.54 Å². The van der Waals surface area contributed by atoms with Crippen LogP contribution in [0.15, 0.2) is 30.3 Å². The molecule has 1 rings (SSSR count). The van der Waals surface area contributed by atoms with Crippen molar-refractivity contribution < 1.29 is 9.53 Å². The predicted molar refractivity (Wildman–Crippen MR) is 82.9 cm³/mol. The van der Waals surface area contributed by atoms with Gasteiger partial charge in [-0.3, -0.25) is 9.69 Å². The summed E-state index contributed by atoms with van der Waals surface area (Å²) in [6.07, 6.45) is 0. The lowest BCUT2D eigenvalue weighted by atomic mass is 10.2. The molecule has 0 saturated carbocycles. The topological polar surface area (TPSA) is 29.5 Å². The van der Waals surface area contributed by atoms with Gasteiger partial charge in [-0.15, -0.1) is 11.6 Å². The van der Waals surface area contributed by atoms with Crippen LogP contribution in [0, 0.1) is 0 Å². The van der Waals surface area contributed by atoms with E-state index >= 15 is 0 Å². The van der Waals surface area contributed by atoms with Crippen molar-refractivity contribution in [3.8, 4) is 0 Å². The van der Waals surface area contributed by atoms with E-state index in [1.54, 1.807) is 0 Å². The molecule has 0 N–H and O–H groups in total. The van der Waals surface area contributed by atoms with Crippen molar-refractivity contribution in [2.24, 2.45) is 0 Å². The zero-order valence-electron chi connectivity index (χ0n) is 12.7. The molecule has 0 bridgehead atoms. The summed E-state index contributed by atoms with van der Waals surface area (Å²) >= 11 is 5.94. The quantitative estimate of drug-likeness (QED) is 0.595. The van der Waals surface area contributed by atoms with Crippen LogP contribution in [0.3, 0.4) is 0 Å². The molecule has 0 unspecified atom stereocenters. The Labute approximate surface area is 126 Å². The second-order valence-electron chi connectivity index (χ2n) is 5.98. The summed E-state index contributed by atoms with van der Waals surface area (Å²) in [6.45, 7) is 8.57. The Balaban J connectivity index is 2.68. The summed E-state index contributed by atoms with van der Waals surface area (Å²) in [6, 6.07) is 10.2.